The Morgan fingerprint density at radius 2 is 2.26 bits per heavy atom. The summed E-state index contributed by atoms with van der Waals surface area (Å²) in [5.41, 5.74) is 0.327. The Morgan fingerprint density at radius 1 is 1.58 bits per heavy atom. The predicted molar refractivity (Wildman–Crippen MR) is 69.6 cm³/mol. The van der Waals surface area contributed by atoms with Crippen molar-refractivity contribution >= 4 is 17.3 Å². The average Bonchev–Trinajstić information content (AvgIpc) is 2.35. The second-order valence-corrected chi connectivity index (χ2v) is 3.99. The van der Waals surface area contributed by atoms with Crippen LogP contribution in [0.1, 0.15) is 20.3 Å². The third kappa shape index (κ3) is 4.13. The average molecular weight is 268 g/mol. The van der Waals surface area contributed by atoms with Gasteiger partial charge in [-0.05, 0) is 19.4 Å². The maximum Gasteiger partial charge on any atom is 0.325 e. The van der Waals surface area contributed by atoms with Crippen LogP contribution >= 0.6 is 0 Å². The number of aliphatic carboxylic acids is 1. The number of nitrogens with zero attached hydrogens (tertiary/aromatic N) is 1. The van der Waals surface area contributed by atoms with Gasteiger partial charge in [-0.1, -0.05) is 6.92 Å². The van der Waals surface area contributed by atoms with Crippen molar-refractivity contribution in [2.24, 2.45) is 0 Å². The number of rotatable bonds is 7. The van der Waals surface area contributed by atoms with Crippen LogP contribution in [0.4, 0.5) is 11.4 Å². The van der Waals surface area contributed by atoms with E-state index in [4.69, 9.17) is 9.84 Å². The number of hydrogen-bond acceptors (Lipinski definition) is 5. The molecule has 0 saturated carbocycles. The number of ether oxygens (including phenoxy) is 1. The van der Waals surface area contributed by atoms with Crippen molar-refractivity contribution in [3.05, 3.63) is 28.3 Å². The summed E-state index contributed by atoms with van der Waals surface area (Å²) in [5, 5.41) is 22.4. The lowest BCUT2D eigenvalue weighted by molar-refractivity contribution is -0.385. The minimum Gasteiger partial charge on any atom is -0.487 e. The highest BCUT2D eigenvalue weighted by Crippen LogP contribution is 2.30. The Kier molecular flexibility index (Phi) is 5.11. The third-order valence-electron chi connectivity index (χ3n) is 2.37. The van der Waals surface area contributed by atoms with Gasteiger partial charge in [-0.2, -0.15) is 0 Å². The van der Waals surface area contributed by atoms with E-state index >= 15 is 0 Å². The van der Waals surface area contributed by atoms with Crippen molar-refractivity contribution in [1.29, 1.82) is 0 Å². The van der Waals surface area contributed by atoms with Crippen LogP contribution in [-0.4, -0.2) is 28.6 Å². The van der Waals surface area contributed by atoms with Gasteiger partial charge >= 0.3 is 11.7 Å². The zero-order chi connectivity index (χ0) is 14.4. The molecule has 2 N–H and O–H groups in total. The van der Waals surface area contributed by atoms with E-state index in [9.17, 15) is 14.9 Å². The number of nitro groups is 1. The van der Waals surface area contributed by atoms with Gasteiger partial charge < -0.3 is 15.2 Å². The van der Waals surface area contributed by atoms with Crippen molar-refractivity contribution in [2.75, 3.05) is 11.9 Å². The zero-order valence-electron chi connectivity index (χ0n) is 10.8. The van der Waals surface area contributed by atoms with E-state index < -0.39 is 16.9 Å². The number of hydrogen-bond donors (Lipinski definition) is 2. The van der Waals surface area contributed by atoms with Gasteiger partial charge in [0.05, 0.1) is 11.5 Å². The number of benzene rings is 1. The lowest BCUT2D eigenvalue weighted by Crippen LogP contribution is -2.25. The molecule has 7 heteroatoms. The summed E-state index contributed by atoms with van der Waals surface area (Å²) >= 11 is 0. The molecule has 0 spiro atoms. The van der Waals surface area contributed by atoms with E-state index in [1.54, 1.807) is 0 Å². The molecule has 1 atom stereocenters. The summed E-state index contributed by atoms with van der Waals surface area (Å²) in [6.45, 7) is 3.73. The van der Waals surface area contributed by atoms with Gasteiger partial charge in [0.15, 0.2) is 5.75 Å². The highest BCUT2D eigenvalue weighted by Gasteiger charge is 2.17. The van der Waals surface area contributed by atoms with E-state index in [0.29, 0.717) is 12.3 Å². The molecular formula is C12H16N2O5. The Balaban J connectivity index is 2.96. The van der Waals surface area contributed by atoms with Crippen LogP contribution in [0.5, 0.6) is 5.75 Å². The quantitative estimate of drug-likeness (QED) is 0.581. The summed E-state index contributed by atoms with van der Waals surface area (Å²) in [6, 6.07) is 3.39. The number of nitrogens with one attached hydrogen (secondary N) is 1. The van der Waals surface area contributed by atoms with Crippen molar-refractivity contribution in [3.8, 4) is 5.75 Å². The first-order chi connectivity index (χ1) is 8.95. The van der Waals surface area contributed by atoms with Gasteiger partial charge in [0, 0.05) is 17.8 Å². The lowest BCUT2D eigenvalue weighted by atomic mass is 10.2. The molecule has 0 aliphatic carbocycles. The van der Waals surface area contributed by atoms with Crippen LogP contribution in [0.3, 0.4) is 0 Å². The summed E-state index contributed by atoms with van der Waals surface area (Å²) in [5.74, 6) is -0.871. The van der Waals surface area contributed by atoms with Crippen LogP contribution < -0.4 is 10.1 Å². The zero-order valence-corrected chi connectivity index (χ0v) is 10.8. The Hall–Kier alpha value is -2.31. The predicted octanol–water partition coefficient (Wildman–Crippen LogP) is 2.27. The Bertz CT molecular complexity index is 475. The van der Waals surface area contributed by atoms with E-state index in [2.05, 4.69) is 5.32 Å². The van der Waals surface area contributed by atoms with Crippen molar-refractivity contribution in [1.82, 2.24) is 0 Å². The third-order valence-corrected chi connectivity index (χ3v) is 2.37. The normalized spacial score (nSPS) is 11.7. The number of carboxylic acid groups (broad SMARTS) is 1. The monoisotopic (exact) mass is 268 g/mol. The molecule has 1 aromatic carbocycles. The fourth-order valence-corrected chi connectivity index (χ4v) is 1.39. The number of anilines is 1. The summed E-state index contributed by atoms with van der Waals surface area (Å²) in [7, 11) is 0. The molecule has 0 aliphatic rings. The second-order valence-electron chi connectivity index (χ2n) is 3.99. The molecule has 0 aliphatic heterocycles. The maximum atomic E-state index is 10.8. The highest BCUT2D eigenvalue weighted by atomic mass is 16.6. The van der Waals surface area contributed by atoms with Gasteiger partial charge in [-0.3, -0.25) is 14.9 Å². The highest BCUT2D eigenvalue weighted by molar-refractivity contribution is 5.77. The molecule has 104 valence electrons. The fraction of sp³-hybridized carbons (Fsp3) is 0.417. The van der Waals surface area contributed by atoms with Gasteiger partial charge in [-0.25, -0.2) is 0 Å². The van der Waals surface area contributed by atoms with Crippen molar-refractivity contribution in [3.63, 3.8) is 0 Å². The molecular weight excluding hydrogens is 252 g/mol. The molecule has 0 saturated heterocycles. The van der Waals surface area contributed by atoms with Gasteiger partial charge in [-0.15, -0.1) is 0 Å². The van der Waals surface area contributed by atoms with Gasteiger partial charge in [0.1, 0.15) is 6.04 Å². The molecule has 0 fully saturated rings. The standard InChI is InChI=1S/C12H16N2O5/c1-3-6-19-11-7-9(13-8(2)12(15)16)4-5-10(11)14(17)18/h4-5,7-8,13H,3,6H2,1-2H3,(H,15,16). The smallest absolute Gasteiger partial charge is 0.325 e. The first-order valence-electron chi connectivity index (χ1n) is 5.86. The number of carbonyl (C=O) groups is 1. The van der Waals surface area contributed by atoms with E-state index in [1.807, 2.05) is 6.92 Å². The molecule has 7 nitrogen and oxygen atoms in total. The second kappa shape index (κ2) is 6.58. The Morgan fingerprint density at radius 3 is 2.79 bits per heavy atom. The van der Waals surface area contributed by atoms with E-state index in [-0.39, 0.29) is 11.4 Å². The fourth-order valence-electron chi connectivity index (χ4n) is 1.39. The SMILES string of the molecule is CCCOc1cc(NC(C)C(=O)O)ccc1[N+](=O)[O-]. The minimum atomic E-state index is -1.01. The molecule has 0 amide bonds. The van der Waals surface area contributed by atoms with Crippen molar-refractivity contribution < 1.29 is 19.6 Å². The van der Waals surface area contributed by atoms with Crippen LogP contribution in [0.15, 0.2) is 18.2 Å². The Labute approximate surface area is 110 Å². The molecule has 0 heterocycles. The minimum absolute atomic E-state index is 0.134. The van der Waals surface area contributed by atoms with Gasteiger partial charge in [0.2, 0.25) is 0 Å². The van der Waals surface area contributed by atoms with E-state index in [0.717, 1.165) is 6.42 Å². The topological polar surface area (TPSA) is 102 Å². The summed E-state index contributed by atoms with van der Waals surface area (Å²) < 4.78 is 5.30. The maximum absolute atomic E-state index is 10.8. The lowest BCUT2D eigenvalue weighted by Gasteiger charge is -2.12. The molecule has 0 radical (unpaired) electrons. The number of carboxylic acids is 1. The van der Waals surface area contributed by atoms with Crippen LogP contribution in [0.25, 0.3) is 0 Å². The van der Waals surface area contributed by atoms with E-state index in [1.165, 1.54) is 25.1 Å². The first kappa shape index (κ1) is 14.7. The molecule has 1 aromatic rings. The first-order valence-corrected chi connectivity index (χ1v) is 5.86. The van der Waals surface area contributed by atoms with Gasteiger partial charge in [0.25, 0.3) is 0 Å². The molecule has 0 aromatic heterocycles. The molecule has 19 heavy (non-hydrogen) atoms. The van der Waals surface area contributed by atoms with Crippen LogP contribution in [-0.2, 0) is 4.79 Å². The van der Waals surface area contributed by atoms with Crippen molar-refractivity contribution in [2.45, 2.75) is 26.3 Å². The molecule has 1 unspecified atom stereocenters. The summed E-state index contributed by atoms with van der Waals surface area (Å²) in [6.07, 6.45) is 0.723. The summed E-state index contributed by atoms with van der Waals surface area (Å²) in [4.78, 5) is 21.0. The molecule has 1 rings (SSSR count). The number of nitro benzene ring substituents is 1. The van der Waals surface area contributed by atoms with Crippen LogP contribution in [0, 0.1) is 10.1 Å². The largest absolute Gasteiger partial charge is 0.487 e. The molecule has 0 bridgehead atoms. The van der Waals surface area contributed by atoms with Crippen LogP contribution in [0.2, 0.25) is 0 Å².